The number of amides is 1. The number of halogens is 2. The number of nitrogens with zero attached hydrogens (tertiary/aromatic N) is 2. The number of aromatic nitrogens is 2. The lowest BCUT2D eigenvalue weighted by Gasteiger charge is -2.33. The van der Waals surface area contributed by atoms with Crippen molar-refractivity contribution < 1.29 is 13.6 Å². The number of carbonyl (C=O) groups excluding carboxylic acids is 1. The standard InChI is InChI=1S/C30H37F2N3O/c31-24-19-26-27(20-25(24)32)35(28(34-26)18-10-13-21-11-4-1-5-12-21)29(22-14-6-2-7-15-22)30(36)33-23-16-8-3-9-17-23/h1,4-5,11-12,19-20,22-23,29H,2-3,6-10,13-18H2,(H,33,36). The Balaban J connectivity index is 1.50. The van der Waals surface area contributed by atoms with Gasteiger partial charge >= 0.3 is 0 Å². The minimum Gasteiger partial charge on any atom is -0.352 e. The van der Waals surface area contributed by atoms with Crippen molar-refractivity contribution in [2.75, 3.05) is 0 Å². The van der Waals surface area contributed by atoms with Crippen molar-refractivity contribution in [1.29, 1.82) is 0 Å². The van der Waals surface area contributed by atoms with Crippen molar-refractivity contribution >= 4 is 16.9 Å². The quantitative estimate of drug-likeness (QED) is 0.365. The molecule has 2 saturated carbocycles. The predicted molar refractivity (Wildman–Crippen MR) is 139 cm³/mol. The molecular formula is C30H37F2N3O. The molecular weight excluding hydrogens is 456 g/mol. The maximum atomic E-state index is 14.5. The molecule has 4 nitrogen and oxygen atoms in total. The molecule has 1 N–H and O–H groups in total. The maximum absolute atomic E-state index is 14.5. The Labute approximate surface area is 212 Å². The first-order valence-electron chi connectivity index (χ1n) is 13.8. The topological polar surface area (TPSA) is 46.9 Å². The Kier molecular flexibility index (Phi) is 7.98. The zero-order valence-electron chi connectivity index (χ0n) is 21.0. The zero-order chi connectivity index (χ0) is 24.9. The first-order chi connectivity index (χ1) is 17.6. The summed E-state index contributed by atoms with van der Waals surface area (Å²) in [7, 11) is 0. The van der Waals surface area contributed by atoms with Crippen LogP contribution in [0.15, 0.2) is 42.5 Å². The predicted octanol–water partition coefficient (Wildman–Crippen LogP) is 7.06. The second-order valence-corrected chi connectivity index (χ2v) is 10.7. The molecule has 36 heavy (non-hydrogen) atoms. The molecule has 3 aromatic rings. The first kappa shape index (κ1) is 24.9. The van der Waals surface area contributed by atoms with E-state index in [1.165, 1.54) is 30.5 Å². The minimum atomic E-state index is -0.899. The monoisotopic (exact) mass is 493 g/mol. The van der Waals surface area contributed by atoms with Crippen LogP contribution in [0.2, 0.25) is 0 Å². The summed E-state index contributed by atoms with van der Waals surface area (Å²) >= 11 is 0. The van der Waals surface area contributed by atoms with E-state index in [9.17, 15) is 13.6 Å². The van der Waals surface area contributed by atoms with Gasteiger partial charge in [0.25, 0.3) is 0 Å². The fraction of sp³-hybridized carbons (Fsp3) is 0.533. The fourth-order valence-electron chi connectivity index (χ4n) is 6.25. The van der Waals surface area contributed by atoms with Gasteiger partial charge in [0.15, 0.2) is 11.6 Å². The average Bonchev–Trinajstić information content (AvgIpc) is 3.23. The van der Waals surface area contributed by atoms with Crippen molar-refractivity contribution in [2.45, 2.75) is 95.6 Å². The molecule has 0 spiro atoms. The lowest BCUT2D eigenvalue weighted by Crippen LogP contribution is -2.43. The summed E-state index contributed by atoms with van der Waals surface area (Å²) in [5, 5.41) is 3.35. The van der Waals surface area contributed by atoms with Crippen LogP contribution in [0.25, 0.3) is 11.0 Å². The average molecular weight is 494 g/mol. The van der Waals surface area contributed by atoms with Gasteiger partial charge in [0.1, 0.15) is 11.9 Å². The summed E-state index contributed by atoms with van der Waals surface area (Å²) in [4.78, 5) is 18.7. The highest BCUT2D eigenvalue weighted by atomic mass is 19.2. The van der Waals surface area contributed by atoms with Gasteiger partial charge < -0.3 is 9.88 Å². The van der Waals surface area contributed by atoms with Crippen molar-refractivity contribution in [3.8, 4) is 0 Å². The smallest absolute Gasteiger partial charge is 0.243 e. The molecule has 1 unspecified atom stereocenters. The highest BCUT2D eigenvalue weighted by Gasteiger charge is 2.35. The molecule has 2 aromatic carbocycles. The number of carbonyl (C=O) groups is 1. The van der Waals surface area contributed by atoms with Gasteiger partial charge in [-0.2, -0.15) is 0 Å². The molecule has 2 aliphatic rings. The van der Waals surface area contributed by atoms with E-state index in [1.807, 2.05) is 22.8 Å². The lowest BCUT2D eigenvalue weighted by molar-refractivity contribution is -0.127. The van der Waals surface area contributed by atoms with Crippen LogP contribution in [0.1, 0.15) is 88.1 Å². The third kappa shape index (κ3) is 5.63. The van der Waals surface area contributed by atoms with Crippen LogP contribution >= 0.6 is 0 Å². The molecule has 6 heteroatoms. The van der Waals surface area contributed by atoms with E-state index in [2.05, 4.69) is 17.4 Å². The second-order valence-electron chi connectivity index (χ2n) is 10.7. The molecule has 1 aromatic heterocycles. The van der Waals surface area contributed by atoms with E-state index >= 15 is 0 Å². The van der Waals surface area contributed by atoms with Gasteiger partial charge in [0, 0.05) is 24.6 Å². The Bertz CT molecular complexity index is 1160. The summed E-state index contributed by atoms with van der Waals surface area (Å²) in [5.41, 5.74) is 2.20. The van der Waals surface area contributed by atoms with Crippen LogP contribution < -0.4 is 5.32 Å². The van der Waals surface area contributed by atoms with Gasteiger partial charge in [0.05, 0.1) is 11.0 Å². The zero-order valence-corrected chi connectivity index (χ0v) is 21.0. The van der Waals surface area contributed by atoms with Gasteiger partial charge in [-0.15, -0.1) is 0 Å². The van der Waals surface area contributed by atoms with Crippen molar-refractivity contribution in [2.24, 2.45) is 5.92 Å². The summed E-state index contributed by atoms with van der Waals surface area (Å²) in [5.74, 6) is -0.860. The SMILES string of the molecule is O=C(NC1CCCCC1)C(C1CCCCC1)n1c(CCCc2ccccc2)nc2cc(F)c(F)cc21. The molecule has 1 heterocycles. The van der Waals surface area contributed by atoms with Crippen LogP contribution in [0.5, 0.6) is 0 Å². The maximum Gasteiger partial charge on any atom is 0.243 e. The Hall–Kier alpha value is -2.76. The lowest BCUT2D eigenvalue weighted by atomic mass is 9.82. The van der Waals surface area contributed by atoms with E-state index in [0.29, 0.717) is 17.5 Å². The number of aryl methyl sites for hydroxylation is 2. The normalized spacial score (nSPS) is 18.4. The minimum absolute atomic E-state index is 0.0159. The van der Waals surface area contributed by atoms with E-state index < -0.39 is 17.7 Å². The fourth-order valence-corrected chi connectivity index (χ4v) is 6.25. The second kappa shape index (κ2) is 11.5. The Morgan fingerprint density at radius 2 is 1.58 bits per heavy atom. The van der Waals surface area contributed by atoms with E-state index in [-0.39, 0.29) is 17.9 Å². The number of rotatable bonds is 8. The van der Waals surface area contributed by atoms with Crippen molar-refractivity contribution in [3.05, 3.63) is 65.5 Å². The van der Waals surface area contributed by atoms with Crippen molar-refractivity contribution in [3.63, 3.8) is 0 Å². The number of fused-ring (bicyclic) bond motifs is 1. The van der Waals surface area contributed by atoms with Crippen LogP contribution in [-0.4, -0.2) is 21.5 Å². The molecule has 0 radical (unpaired) electrons. The molecule has 192 valence electrons. The van der Waals surface area contributed by atoms with E-state index in [1.54, 1.807) is 0 Å². The molecule has 2 aliphatic carbocycles. The number of hydrogen-bond donors (Lipinski definition) is 1. The van der Waals surface area contributed by atoms with Crippen LogP contribution in [0, 0.1) is 17.6 Å². The highest BCUT2D eigenvalue weighted by molar-refractivity contribution is 5.85. The molecule has 1 atom stereocenters. The molecule has 0 aliphatic heterocycles. The summed E-state index contributed by atoms with van der Waals surface area (Å²) in [6, 6.07) is 12.4. The van der Waals surface area contributed by atoms with Crippen LogP contribution in [0.4, 0.5) is 8.78 Å². The van der Waals surface area contributed by atoms with E-state index in [4.69, 9.17) is 4.98 Å². The summed E-state index contributed by atoms with van der Waals surface area (Å²) < 4.78 is 30.6. The van der Waals surface area contributed by atoms with Gasteiger partial charge in [-0.3, -0.25) is 4.79 Å². The number of imidazole rings is 1. The summed E-state index contributed by atoms with van der Waals surface area (Å²) in [6.45, 7) is 0. The van der Waals surface area contributed by atoms with Gasteiger partial charge in [-0.05, 0) is 50.0 Å². The van der Waals surface area contributed by atoms with Crippen LogP contribution in [0.3, 0.4) is 0 Å². The van der Waals surface area contributed by atoms with Crippen molar-refractivity contribution in [1.82, 2.24) is 14.9 Å². The molecule has 2 fully saturated rings. The number of hydrogen-bond acceptors (Lipinski definition) is 2. The first-order valence-corrected chi connectivity index (χ1v) is 13.8. The van der Waals surface area contributed by atoms with Crippen LogP contribution in [-0.2, 0) is 17.6 Å². The Morgan fingerprint density at radius 1 is 0.917 bits per heavy atom. The van der Waals surface area contributed by atoms with Gasteiger partial charge in [0.2, 0.25) is 5.91 Å². The number of nitrogens with one attached hydrogen (secondary N) is 1. The third-order valence-electron chi connectivity index (χ3n) is 8.11. The largest absolute Gasteiger partial charge is 0.352 e. The molecule has 0 bridgehead atoms. The Morgan fingerprint density at radius 3 is 2.31 bits per heavy atom. The summed E-state index contributed by atoms with van der Waals surface area (Å²) in [6.07, 6.45) is 13.2. The highest BCUT2D eigenvalue weighted by Crippen LogP contribution is 2.37. The number of benzene rings is 2. The van der Waals surface area contributed by atoms with E-state index in [0.717, 1.165) is 70.0 Å². The van der Waals surface area contributed by atoms with Gasteiger partial charge in [-0.1, -0.05) is 68.9 Å². The third-order valence-corrected chi connectivity index (χ3v) is 8.11. The molecule has 1 amide bonds. The molecule has 0 saturated heterocycles. The van der Waals surface area contributed by atoms with Gasteiger partial charge in [-0.25, -0.2) is 13.8 Å². The molecule has 5 rings (SSSR count).